The molecule has 4 rings (SSSR count). The highest BCUT2D eigenvalue weighted by Gasteiger charge is 2.19. The summed E-state index contributed by atoms with van der Waals surface area (Å²) in [6.45, 7) is 1.81. The average molecular weight is 442 g/mol. The number of hydrogen-bond donors (Lipinski definition) is 1. The predicted octanol–water partition coefficient (Wildman–Crippen LogP) is 3.60. The lowest BCUT2D eigenvalue weighted by Crippen LogP contribution is -2.33. The predicted molar refractivity (Wildman–Crippen MR) is 108 cm³/mol. The normalized spacial score (nSPS) is 13.2. The second-order valence-electron chi connectivity index (χ2n) is 6.24. The van der Waals surface area contributed by atoms with Crippen LogP contribution in [0.25, 0.3) is 11.3 Å². The third-order valence-electron chi connectivity index (χ3n) is 4.33. The first kappa shape index (κ1) is 18.2. The first-order valence-electron chi connectivity index (χ1n) is 8.57. The summed E-state index contributed by atoms with van der Waals surface area (Å²) < 4.78 is 12.7. The van der Waals surface area contributed by atoms with Crippen LogP contribution in [0.5, 0.6) is 11.5 Å². The van der Waals surface area contributed by atoms with Gasteiger partial charge in [0.2, 0.25) is 12.7 Å². The number of fused-ring (bicyclic) bond motifs is 1. The van der Waals surface area contributed by atoms with Gasteiger partial charge < -0.3 is 14.8 Å². The van der Waals surface area contributed by atoms with Crippen molar-refractivity contribution in [3.8, 4) is 22.8 Å². The van der Waals surface area contributed by atoms with E-state index >= 15 is 0 Å². The summed E-state index contributed by atoms with van der Waals surface area (Å²) in [6, 6.07) is 14.9. The van der Waals surface area contributed by atoms with Crippen molar-refractivity contribution >= 4 is 27.5 Å². The minimum Gasteiger partial charge on any atom is -0.454 e. The second-order valence-corrected chi connectivity index (χ2v) is 7.16. The van der Waals surface area contributed by atoms with Gasteiger partial charge in [0.05, 0.1) is 5.69 Å². The summed E-state index contributed by atoms with van der Waals surface area (Å²) in [5.74, 6) is 0.951. The monoisotopic (exact) mass is 441 g/mol. The fourth-order valence-corrected chi connectivity index (χ4v) is 3.24. The Bertz CT molecular complexity index is 1110. The lowest BCUT2D eigenvalue weighted by atomic mass is 10.1. The molecule has 2 aromatic carbocycles. The van der Waals surface area contributed by atoms with Crippen LogP contribution >= 0.6 is 15.9 Å². The molecule has 1 aliphatic rings. The Morgan fingerprint density at radius 3 is 2.79 bits per heavy atom. The zero-order valence-corrected chi connectivity index (χ0v) is 16.5. The van der Waals surface area contributed by atoms with E-state index in [-0.39, 0.29) is 18.3 Å². The molecule has 2 heterocycles. The number of ether oxygens (including phenoxy) is 2. The molecule has 1 aliphatic heterocycles. The number of amides is 1. The molecule has 0 aliphatic carbocycles. The van der Waals surface area contributed by atoms with Crippen LogP contribution in [0.4, 0.5) is 5.69 Å². The lowest BCUT2D eigenvalue weighted by Gasteiger charge is -2.15. The maximum absolute atomic E-state index is 12.6. The maximum Gasteiger partial charge on any atom is 0.267 e. The van der Waals surface area contributed by atoms with Crippen LogP contribution in [0.1, 0.15) is 13.0 Å². The number of aromatic nitrogens is 2. The molecule has 1 aromatic heterocycles. The molecule has 0 fully saturated rings. The highest BCUT2D eigenvalue weighted by atomic mass is 79.9. The van der Waals surface area contributed by atoms with E-state index in [9.17, 15) is 9.59 Å². The molecule has 0 radical (unpaired) electrons. The Kier molecular flexibility index (Phi) is 4.87. The molecular formula is C20H16BrN3O4. The topological polar surface area (TPSA) is 82.5 Å². The van der Waals surface area contributed by atoms with E-state index in [1.54, 1.807) is 37.3 Å². The van der Waals surface area contributed by atoms with Crippen LogP contribution in [0.15, 0.2) is 63.9 Å². The standard InChI is InChI=1S/C20H16BrN3O4/c1-12(20(26)22-15-4-2-3-14(21)10-15)24-19(25)8-6-16(23-24)13-5-7-17-18(9-13)28-11-27-17/h2-10,12H,11H2,1H3,(H,22,26). The zero-order valence-electron chi connectivity index (χ0n) is 14.9. The first-order valence-corrected chi connectivity index (χ1v) is 9.37. The van der Waals surface area contributed by atoms with Crippen molar-refractivity contribution in [3.63, 3.8) is 0 Å². The molecule has 7 nitrogen and oxygen atoms in total. The highest BCUT2D eigenvalue weighted by Crippen LogP contribution is 2.35. The third kappa shape index (κ3) is 3.63. The highest BCUT2D eigenvalue weighted by molar-refractivity contribution is 9.10. The maximum atomic E-state index is 12.6. The molecular weight excluding hydrogens is 426 g/mol. The number of rotatable bonds is 4. The van der Waals surface area contributed by atoms with Gasteiger partial charge in [0, 0.05) is 21.8 Å². The largest absolute Gasteiger partial charge is 0.454 e. The number of halogens is 1. The Labute approximate surface area is 169 Å². The van der Waals surface area contributed by atoms with E-state index in [1.807, 2.05) is 18.2 Å². The molecule has 142 valence electrons. The molecule has 1 atom stereocenters. The van der Waals surface area contributed by atoms with Crippen molar-refractivity contribution in [2.75, 3.05) is 12.1 Å². The Hall–Kier alpha value is -3.13. The van der Waals surface area contributed by atoms with Crippen LogP contribution in [-0.4, -0.2) is 22.5 Å². The number of hydrogen-bond acceptors (Lipinski definition) is 5. The summed E-state index contributed by atoms with van der Waals surface area (Å²) in [6.07, 6.45) is 0. The van der Waals surface area contributed by atoms with E-state index in [1.165, 1.54) is 10.7 Å². The van der Waals surface area contributed by atoms with Gasteiger partial charge in [0.1, 0.15) is 6.04 Å². The van der Waals surface area contributed by atoms with Crippen molar-refractivity contribution in [1.82, 2.24) is 9.78 Å². The van der Waals surface area contributed by atoms with Gasteiger partial charge in [-0.05, 0) is 49.4 Å². The van der Waals surface area contributed by atoms with Crippen molar-refractivity contribution < 1.29 is 14.3 Å². The van der Waals surface area contributed by atoms with Crippen LogP contribution in [-0.2, 0) is 4.79 Å². The number of nitrogens with one attached hydrogen (secondary N) is 1. The number of nitrogens with zero attached hydrogens (tertiary/aromatic N) is 2. The molecule has 3 aromatic rings. The fraction of sp³-hybridized carbons (Fsp3) is 0.150. The van der Waals surface area contributed by atoms with E-state index in [0.29, 0.717) is 22.9 Å². The van der Waals surface area contributed by atoms with Crippen molar-refractivity contribution in [2.45, 2.75) is 13.0 Å². The molecule has 0 saturated carbocycles. The third-order valence-corrected chi connectivity index (χ3v) is 4.83. The van der Waals surface area contributed by atoms with Gasteiger partial charge in [-0.25, -0.2) is 4.68 Å². The summed E-state index contributed by atoms with van der Waals surface area (Å²) in [5, 5.41) is 7.18. The van der Waals surface area contributed by atoms with Gasteiger partial charge in [-0.1, -0.05) is 22.0 Å². The lowest BCUT2D eigenvalue weighted by molar-refractivity contribution is -0.119. The van der Waals surface area contributed by atoms with Gasteiger partial charge in [0.15, 0.2) is 11.5 Å². The molecule has 1 unspecified atom stereocenters. The summed E-state index contributed by atoms with van der Waals surface area (Å²) in [5.41, 5.74) is 1.59. The van der Waals surface area contributed by atoms with Crippen LogP contribution < -0.4 is 20.3 Å². The Balaban J connectivity index is 1.61. The van der Waals surface area contributed by atoms with Gasteiger partial charge in [-0.3, -0.25) is 9.59 Å². The summed E-state index contributed by atoms with van der Waals surface area (Å²) in [7, 11) is 0. The number of carbonyl (C=O) groups excluding carboxylic acids is 1. The molecule has 1 N–H and O–H groups in total. The van der Waals surface area contributed by atoms with E-state index in [2.05, 4.69) is 26.3 Å². The minimum atomic E-state index is -0.791. The average Bonchev–Trinajstić information content (AvgIpc) is 3.15. The molecule has 1 amide bonds. The van der Waals surface area contributed by atoms with Crippen molar-refractivity contribution in [1.29, 1.82) is 0 Å². The smallest absolute Gasteiger partial charge is 0.267 e. The van der Waals surface area contributed by atoms with E-state index < -0.39 is 6.04 Å². The summed E-state index contributed by atoms with van der Waals surface area (Å²) in [4.78, 5) is 24.9. The molecule has 8 heteroatoms. The van der Waals surface area contributed by atoms with Gasteiger partial charge >= 0.3 is 0 Å². The molecule has 28 heavy (non-hydrogen) atoms. The second kappa shape index (κ2) is 7.47. The summed E-state index contributed by atoms with van der Waals surface area (Å²) >= 11 is 3.36. The van der Waals surface area contributed by atoms with Gasteiger partial charge in [-0.2, -0.15) is 5.10 Å². The molecule has 0 spiro atoms. The number of anilines is 1. The van der Waals surface area contributed by atoms with E-state index in [0.717, 1.165) is 10.0 Å². The minimum absolute atomic E-state index is 0.179. The quantitative estimate of drug-likeness (QED) is 0.668. The van der Waals surface area contributed by atoms with Crippen LogP contribution in [0.2, 0.25) is 0 Å². The fourth-order valence-electron chi connectivity index (χ4n) is 2.84. The van der Waals surface area contributed by atoms with Crippen LogP contribution in [0.3, 0.4) is 0 Å². The Morgan fingerprint density at radius 1 is 1.14 bits per heavy atom. The SMILES string of the molecule is CC(C(=O)Nc1cccc(Br)c1)n1nc(-c2ccc3c(c2)OCO3)ccc1=O. The Morgan fingerprint density at radius 2 is 1.96 bits per heavy atom. The first-order chi connectivity index (χ1) is 13.5. The van der Waals surface area contributed by atoms with Gasteiger partial charge in [0.25, 0.3) is 5.56 Å². The number of carbonyl (C=O) groups is 1. The van der Waals surface area contributed by atoms with Crippen LogP contribution in [0, 0.1) is 0 Å². The molecule has 0 saturated heterocycles. The van der Waals surface area contributed by atoms with Crippen molar-refractivity contribution in [3.05, 3.63) is 69.4 Å². The molecule has 0 bridgehead atoms. The number of benzene rings is 2. The van der Waals surface area contributed by atoms with Gasteiger partial charge in [-0.15, -0.1) is 0 Å². The zero-order chi connectivity index (χ0) is 19.7. The van der Waals surface area contributed by atoms with Crippen molar-refractivity contribution in [2.24, 2.45) is 0 Å². The van der Waals surface area contributed by atoms with E-state index in [4.69, 9.17) is 9.47 Å².